The molecule has 56 valence electrons. The van der Waals surface area contributed by atoms with Crippen LogP contribution in [0.1, 0.15) is 27.7 Å². The first kappa shape index (κ1) is 7.46. The van der Waals surface area contributed by atoms with E-state index in [1.807, 2.05) is 0 Å². The molecule has 0 amide bonds. The molecule has 0 saturated carbocycles. The lowest BCUT2D eigenvalue weighted by Crippen LogP contribution is -2.05. The molecule has 0 nitrogen and oxygen atoms in total. The quantitative estimate of drug-likeness (QED) is 0.499. The van der Waals surface area contributed by atoms with Crippen molar-refractivity contribution in [3.63, 3.8) is 0 Å². The Bertz CT molecular complexity index is 127. The fourth-order valence-electron chi connectivity index (χ4n) is 1.50. The van der Waals surface area contributed by atoms with E-state index in [0.29, 0.717) is 4.75 Å². The van der Waals surface area contributed by atoms with E-state index in [0.717, 1.165) is 5.25 Å². The minimum atomic E-state index is -0.169. The van der Waals surface area contributed by atoms with Crippen LogP contribution >= 0.6 is 10.0 Å². The molecule has 9 heavy (non-hydrogen) atoms. The molecule has 0 aliphatic carbocycles. The van der Waals surface area contributed by atoms with E-state index >= 15 is 0 Å². The Balaban J connectivity index is 2.63. The lowest BCUT2D eigenvalue weighted by Gasteiger charge is -2.24. The fraction of sp³-hybridized carbons (Fsp3) is 1.00. The summed E-state index contributed by atoms with van der Waals surface area (Å²) in [4.78, 5) is 0. The topological polar surface area (TPSA) is 0 Å². The minimum absolute atomic E-state index is 0.169. The highest BCUT2D eigenvalue weighted by atomic mass is 32.3. The molecule has 0 radical (unpaired) electrons. The molecule has 1 fully saturated rings. The van der Waals surface area contributed by atoms with Gasteiger partial charge in [-0.15, -0.1) is 0 Å². The molecule has 0 spiro atoms. The van der Waals surface area contributed by atoms with Gasteiger partial charge in [0, 0.05) is 4.75 Å². The summed E-state index contributed by atoms with van der Waals surface area (Å²) in [5, 5.41) is 0.937. The smallest absolute Gasteiger partial charge is 0.00224 e. The average molecular weight is 146 g/mol. The highest BCUT2D eigenvalue weighted by molar-refractivity contribution is 8.40. The SMILES string of the molecule is CC(C)S1(C)CC1(C)C. The van der Waals surface area contributed by atoms with E-state index in [1.54, 1.807) is 0 Å². The van der Waals surface area contributed by atoms with Crippen LogP contribution in [0.2, 0.25) is 0 Å². The normalized spacial score (nSPS) is 46.4. The third-order valence-electron chi connectivity index (χ3n) is 2.86. The Hall–Kier alpha value is 0.350. The summed E-state index contributed by atoms with van der Waals surface area (Å²) in [7, 11) is -0.169. The molecule has 1 atom stereocenters. The molecule has 1 aliphatic heterocycles. The summed E-state index contributed by atoms with van der Waals surface area (Å²) in [5.41, 5.74) is 0. The predicted molar refractivity (Wildman–Crippen MR) is 47.6 cm³/mol. The molecule has 1 saturated heterocycles. The maximum absolute atomic E-state index is 2.48. The van der Waals surface area contributed by atoms with Gasteiger partial charge in [-0.2, -0.15) is 0 Å². The molecule has 0 bridgehead atoms. The van der Waals surface area contributed by atoms with Crippen LogP contribution < -0.4 is 0 Å². The van der Waals surface area contributed by atoms with Crippen LogP contribution in [0.25, 0.3) is 0 Å². The van der Waals surface area contributed by atoms with Crippen LogP contribution in [-0.2, 0) is 0 Å². The highest BCUT2D eigenvalue weighted by Crippen LogP contribution is 2.75. The maximum Gasteiger partial charge on any atom is 0.00224 e. The standard InChI is InChI=1S/C8H18S/c1-7(2)9(5)6-8(9,3)4/h7H,6H2,1-5H3. The van der Waals surface area contributed by atoms with Crippen molar-refractivity contribution in [2.24, 2.45) is 0 Å². The Morgan fingerprint density at radius 1 is 1.33 bits per heavy atom. The molecule has 1 heteroatoms. The predicted octanol–water partition coefficient (Wildman–Crippen LogP) is 2.62. The van der Waals surface area contributed by atoms with Crippen molar-refractivity contribution >= 4 is 10.0 Å². The molecule has 0 aromatic rings. The lowest BCUT2D eigenvalue weighted by molar-refractivity contribution is 0.896. The average Bonchev–Trinajstić information content (AvgIpc) is 2.08. The van der Waals surface area contributed by atoms with Gasteiger partial charge >= 0.3 is 0 Å². The summed E-state index contributed by atoms with van der Waals surface area (Å²) in [6, 6.07) is 0. The first-order valence-corrected chi connectivity index (χ1v) is 5.92. The molecule has 1 rings (SSSR count). The first-order chi connectivity index (χ1) is 3.90. The van der Waals surface area contributed by atoms with Crippen LogP contribution in [0.15, 0.2) is 0 Å². The van der Waals surface area contributed by atoms with E-state index in [4.69, 9.17) is 0 Å². The molecule has 0 aromatic heterocycles. The monoisotopic (exact) mass is 146 g/mol. The number of hydrogen-bond acceptors (Lipinski definition) is 0. The van der Waals surface area contributed by atoms with Crippen molar-refractivity contribution in [2.75, 3.05) is 12.0 Å². The van der Waals surface area contributed by atoms with Gasteiger partial charge in [-0.25, -0.2) is 10.0 Å². The van der Waals surface area contributed by atoms with Gasteiger partial charge in [-0.05, 0) is 17.3 Å². The minimum Gasteiger partial charge on any atom is -0.234 e. The van der Waals surface area contributed by atoms with Crippen molar-refractivity contribution in [1.29, 1.82) is 0 Å². The van der Waals surface area contributed by atoms with Crippen molar-refractivity contribution in [3.05, 3.63) is 0 Å². The van der Waals surface area contributed by atoms with Crippen LogP contribution in [0.5, 0.6) is 0 Å². The Morgan fingerprint density at radius 3 is 1.67 bits per heavy atom. The van der Waals surface area contributed by atoms with Gasteiger partial charge in [0.25, 0.3) is 0 Å². The van der Waals surface area contributed by atoms with Gasteiger partial charge in [0.05, 0.1) is 0 Å². The van der Waals surface area contributed by atoms with Crippen molar-refractivity contribution in [3.8, 4) is 0 Å². The summed E-state index contributed by atoms with van der Waals surface area (Å²) in [6.07, 6.45) is 2.48. The first-order valence-electron chi connectivity index (χ1n) is 3.65. The van der Waals surface area contributed by atoms with Crippen LogP contribution in [-0.4, -0.2) is 22.0 Å². The van der Waals surface area contributed by atoms with Gasteiger partial charge < -0.3 is 0 Å². The van der Waals surface area contributed by atoms with Gasteiger partial charge in [-0.1, -0.05) is 27.7 Å². The molecular formula is C8H18S. The van der Waals surface area contributed by atoms with Crippen molar-refractivity contribution in [1.82, 2.24) is 0 Å². The zero-order valence-electron chi connectivity index (χ0n) is 7.19. The van der Waals surface area contributed by atoms with E-state index in [1.165, 1.54) is 5.75 Å². The van der Waals surface area contributed by atoms with E-state index < -0.39 is 0 Å². The second kappa shape index (κ2) is 1.69. The number of hydrogen-bond donors (Lipinski definition) is 0. The largest absolute Gasteiger partial charge is 0.234 e. The van der Waals surface area contributed by atoms with Gasteiger partial charge in [0.1, 0.15) is 0 Å². The van der Waals surface area contributed by atoms with E-state index in [-0.39, 0.29) is 10.0 Å². The highest BCUT2D eigenvalue weighted by Gasteiger charge is 2.54. The van der Waals surface area contributed by atoms with Gasteiger partial charge in [-0.3, -0.25) is 0 Å². The van der Waals surface area contributed by atoms with Crippen molar-refractivity contribution in [2.45, 2.75) is 37.7 Å². The van der Waals surface area contributed by atoms with Crippen LogP contribution in [0.4, 0.5) is 0 Å². The maximum atomic E-state index is 2.48. The molecule has 1 unspecified atom stereocenters. The molecule has 1 aliphatic rings. The summed E-state index contributed by atoms with van der Waals surface area (Å²) in [5.74, 6) is 1.50. The van der Waals surface area contributed by atoms with Gasteiger partial charge in [0.2, 0.25) is 0 Å². The second-order valence-electron chi connectivity index (χ2n) is 4.11. The summed E-state index contributed by atoms with van der Waals surface area (Å²) >= 11 is 0. The van der Waals surface area contributed by atoms with Gasteiger partial charge in [0.15, 0.2) is 0 Å². The Labute approximate surface area is 60.3 Å². The third kappa shape index (κ3) is 0.899. The number of rotatable bonds is 1. The molecule has 0 aromatic carbocycles. The summed E-state index contributed by atoms with van der Waals surface area (Å²) < 4.78 is 0.709. The molecule has 1 heterocycles. The van der Waals surface area contributed by atoms with Crippen molar-refractivity contribution < 1.29 is 0 Å². The van der Waals surface area contributed by atoms with Crippen LogP contribution in [0.3, 0.4) is 0 Å². The zero-order chi connectivity index (χ0) is 7.28. The Morgan fingerprint density at radius 2 is 1.67 bits per heavy atom. The molecular weight excluding hydrogens is 128 g/mol. The fourth-order valence-corrected chi connectivity index (χ4v) is 5.05. The Kier molecular flexibility index (Phi) is 1.40. The zero-order valence-corrected chi connectivity index (χ0v) is 8.01. The third-order valence-corrected chi connectivity index (χ3v) is 8.58. The van der Waals surface area contributed by atoms with Crippen LogP contribution in [0, 0.1) is 0 Å². The lowest BCUT2D eigenvalue weighted by atomic mass is 10.3. The second-order valence-corrected chi connectivity index (χ2v) is 8.76. The summed E-state index contributed by atoms with van der Waals surface area (Å²) in [6.45, 7) is 9.54. The van der Waals surface area contributed by atoms with E-state index in [9.17, 15) is 0 Å². The molecule has 0 N–H and O–H groups in total. The van der Waals surface area contributed by atoms with E-state index in [2.05, 4.69) is 34.0 Å².